The van der Waals surface area contributed by atoms with Crippen molar-refractivity contribution >= 4 is 23.0 Å². The molecule has 3 aromatic carbocycles. The maximum absolute atomic E-state index is 5.79. The van der Waals surface area contributed by atoms with Gasteiger partial charge >= 0.3 is 0 Å². The van der Waals surface area contributed by atoms with Crippen LogP contribution in [0.4, 0.5) is 5.69 Å². The first-order chi connectivity index (χ1) is 12.6. The molecule has 132 valence electrons. The van der Waals surface area contributed by atoms with E-state index >= 15 is 0 Å². The van der Waals surface area contributed by atoms with E-state index < -0.39 is 0 Å². The number of aryl methyl sites for hydroxylation is 2. The van der Waals surface area contributed by atoms with E-state index in [0.29, 0.717) is 0 Å². The van der Waals surface area contributed by atoms with Gasteiger partial charge in [-0.3, -0.25) is 0 Å². The van der Waals surface area contributed by atoms with Crippen LogP contribution in [0.3, 0.4) is 0 Å². The van der Waals surface area contributed by atoms with Crippen LogP contribution in [0.1, 0.15) is 22.3 Å². The van der Waals surface area contributed by atoms with Crippen molar-refractivity contribution in [2.75, 3.05) is 5.32 Å². The minimum Gasteiger partial charge on any atom is -0.340 e. The standard InChI is InChI=1S/C23H24N2S/c1-18-10-9-11-19(2)22(18)24-23(26)25(16-20-12-5-3-6-13-20)17-21-14-7-4-8-15-21/h3-15H,16-17H2,1-2H3,(H,24,26). The maximum Gasteiger partial charge on any atom is 0.174 e. The molecule has 0 bridgehead atoms. The van der Waals surface area contributed by atoms with Crippen molar-refractivity contribution in [1.82, 2.24) is 4.90 Å². The van der Waals surface area contributed by atoms with Crippen LogP contribution in [0.15, 0.2) is 78.9 Å². The second-order valence-corrected chi connectivity index (χ2v) is 6.91. The monoisotopic (exact) mass is 360 g/mol. The molecule has 0 aliphatic heterocycles. The first-order valence-electron chi connectivity index (χ1n) is 8.83. The third-order valence-corrected chi connectivity index (χ3v) is 4.79. The van der Waals surface area contributed by atoms with Crippen LogP contribution in [-0.4, -0.2) is 10.0 Å². The zero-order valence-electron chi connectivity index (χ0n) is 15.3. The van der Waals surface area contributed by atoms with Crippen LogP contribution < -0.4 is 5.32 Å². The number of nitrogens with one attached hydrogen (secondary N) is 1. The lowest BCUT2D eigenvalue weighted by atomic mass is 10.1. The Balaban J connectivity index is 1.83. The van der Waals surface area contributed by atoms with Crippen LogP contribution in [0, 0.1) is 13.8 Å². The first kappa shape index (κ1) is 18.2. The fourth-order valence-corrected chi connectivity index (χ4v) is 3.24. The van der Waals surface area contributed by atoms with Crippen molar-refractivity contribution in [3.63, 3.8) is 0 Å². The van der Waals surface area contributed by atoms with Gasteiger partial charge in [0.05, 0.1) is 0 Å². The Morgan fingerprint density at radius 2 is 1.19 bits per heavy atom. The Hall–Kier alpha value is -2.65. The van der Waals surface area contributed by atoms with Crippen molar-refractivity contribution in [1.29, 1.82) is 0 Å². The van der Waals surface area contributed by atoms with Crippen molar-refractivity contribution < 1.29 is 0 Å². The van der Waals surface area contributed by atoms with E-state index in [1.54, 1.807) is 0 Å². The molecule has 0 amide bonds. The highest BCUT2D eigenvalue weighted by molar-refractivity contribution is 7.80. The highest BCUT2D eigenvalue weighted by Crippen LogP contribution is 2.21. The van der Waals surface area contributed by atoms with Crippen molar-refractivity contribution in [3.05, 3.63) is 101 Å². The fourth-order valence-electron chi connectivity index (χ4n) is 3.00. The molecule has 0 aliphatic rings. The summed E-state index contributed by atoms with van der Waals surface area (Å²) in [7, 11) is 0. The molecular weight excluding hydrogens is 336 g/mol. The summed E-state index contributed by atoms with van der Waals surface area (Å²) in [6.45, 7) is 5.76. The van der Waals surface area contributed by atoms with E-state index in [2.05, 4.69) is 90.8 Å². The average molecular weight is 361 g/mol. The van der Waals surface area contributed by atoms with E-state index in [-0.39, 0.29) is 0 Å². The van der Waals surface area contributed by atoms with E-state index in [4.69, 9.17) is 12.2 Å². The smallest absolute Gasteiger partial charge is 0.174 e. The second kappa shape index (κ2) is 8.63. The molecule has 0 aromatic heterocycles. The summed E-state index contributed by atoms with van der Waals surface area (Å²) in [4.78, 5) is 2.21. The summed E-state index contributed by atoms with van der Waals surface area (Å²) in [5.41, 5.74) is 5.99. The highest BCUT2D eigenvalue weighted by Gasteiger charge is 2.13. The van der Waals surface area contributed by atoms with Crippen LogP contribution >= 0.6 is 12.2 Å². The number of nitrogens with zero attached hydrogens (tertiary/aromatic N) is 1. The van der Waals surface area contributed by atoms with Gasteiger partial charge in [0.25, 0.3) is 0 Å². The molecule has 3 rings (SSSR count). The van der Waals surface area contributed by atoms with Crippen LogP contribution in [0.2, 0.25) is 0 Å². The predicted molar refractivity (Wildman–Crippen MR) is 114 cm³/mol. The Morgan fingerprint density at radius 1 is 0.731 bits per heavy atom. The van der Waals surface area contributed by atoms with Gasteiger partial charge in [-0.25, -0.2) is 0 Å². The van der Waals surface area contributed by atoms with Crippen LogP contribution in [-0.2, 0) is 13.1 Å². The molecule has 0 atom stereocenters. The average Bonchev–Trinajstić information content (AvgIpc) is 2.66. The van der Waals surface area contributed by atoms with E-state index in [1.165, 1.54) is 22.3 Å². The Kier molecular flexibility index (Phi) is 6.03. The molecular formula is C23H24N2S. The topological polar surface area (TPSA) is 15.3 Å². The number of para-hydroxylation sites is 1. The number of hydrogen-bond donors (Lipinski definition) is 1. The van der Waals surface area contributed by atoms with Gasteiger partial charge in [-0.05, 0) is 48.3 Å². The van der Waals surface area contributed by atoms with Gasteiger partial charge in [0.15, 0.2) is 5.11 Å². The predicted octanol–water partition coefficient (Wildman–Crippen LogP) is 5.70. The summed E-state index contributed by atoms with van der Waals surface area (Å²) >= 11 is 5.79. The van der Waals surface area contributed by atoms with E-state index in [0.717, 1.165) is 23.9 Å². The first-order valence-corrected chi connectivity index (χ1v) is 9.24. The van der Waals surface area contributed by atoms with Gasteiger partial charge in [-0.1, -0.05) is 78.9 Å². The van der Waals surface area contributed by atoms with Gasteiger partial charge in [-0.2, -0.15) is 0 Å². The molecule has 0 aliphatic carbocycles. The third-order valence-electron chi connectivity index (χ3n) is 4.43. The molecule has 0 unspecified atom stereocenters. The molecule has 1 N–H and O–H groups in total. The van der Waals surface area contributed by atoms with E-state index in [9.17, 15) is 0 Å². The zero-order valence-corrected chi connectivity index (χ0v) is 16.1. The number of hydrogen-bond acceptors (Lipinski definition) is 1. The van der Waals surface area contributed by atoms with E-state index in [1.807, 2.05) is 12.1 Å². The van der Waals surface area contributed by atoms with Crippen LogP contribution in [0.25, 0.3) is 0 Å². The number of rotatable bonds is 5. The van der Waals surface area contributed by atoms with Crippen LogP contribution in [0.5, 0.6) is 0 Å². The number of anilines is 1. The summed E-state index contributed by atoms with van der Waals surface area (Å²) in [6.07, 6.45) is 0. The molecule has 26 heavy (non-hydrogen) atoms. The number of benzene rings is 3. The van der Waals surface area contributed by atoms with Gasteiger partial charge in [-0.15, -0.1) is 0 Å². The van der Waals surface area contributed by atoms with Gasteiger partial charge in [0.1, 0.15) is 0 Å². The Morgan fingerprint density at radius 3 is 1.65 bits per heavy atom. The molecule has 3 aromatic rings. The molecule has 0 spiro atoms. The lowest BCUT2D eigenvalue weighted by Gasteiger charge is -2.27. The Bertz CT molecular complexity index is 798. The second-order valence-electron chi connectivity index (χ2n) is 6.52. The quantitative estimate of drug-likeness (QED) is 0.587. The largest absolute Gasteiger partial charge is 0.340 e. The highest BCUT2D eigenvalue weighted by atomic mass is 32.1. The molecule has 0 heterocycles. The summed E-state index contributed by atoms with van der Waals surface area (Å²) in [5.74, 6) is 0. The molecule has 0 radical (unpaired) electrons. The fraction of sp³-hybridized carbons (Fsp3) is 0.174. The molecule has 0 saturated carbocycles. The van der Waals surface area contributed by atoms with Crippen molar-refractivity contribution in [3.8, 4) is 0 Å². The van der Waals surface area contributed by atoms with Gasteiger partial charge in [0.2, 0.25) is 0 Å². The maximum atomic E-state index is 5.79. The normalized spacial score (nSPS) is 10.4. The third kappa shape index (κ3) is 4.70. The van der Waals surface area contributed by atoms with Gasteiger partial charge in [0, 0.05) is 18.8 Å². The molecule has 0 fully saturated rings. The molecule has 0 saturated heterocycles. The summed E-state index contributed by atoms with van der Waals surface area (Å²) in [6, 6.07) is 27.2. The zero-order chi connectivity index (χ0) is 18.4. The minimum atomic E-state index is 0.745. The molecule has 2 nitrogen and oxygen atoms in total. The lowest BCUT2D eigenvalue weighted by molar-refractivity contribution is 0.413. The minimum absolute atomic E-state index is 0.745. The Labute approximate surface area is 161 Å². The van der Waals surface area contributed by atoms with Crippen molar-refractivity contribution in [2.24, 2.45) is 0 Å². The number of thiocarbonyl (C=S) groups is 1. The van der Waals surface area contributed by atoms with Crippen molar-refractivity contribution in [2.45, 2.75) is 26.9 Å². The SMILES string of the molecule is Cc1cccc(C)c1NC(=S)N(Cc1ccccc1)Cc1ccccc1. The van der Waals surface area contributed by atoms with Gasteiger partial charge < -0.3 is 10.2 Å². The molecule has 3 heteroatoms. The summed E-state index contributed by atoms with van der Waals surface area (Å²) in [5, 5.41) is 4.22. The lowest BCUT2D eigenvalue weighted by Crippen LogP contribution is -2.34. The summed E-state index contributed by atoms with van der Waals surface area (Å²) < 4.78 is 0.